The maximum atomic E-state index is 11.8. The lowest BCUT2D eigenvalue weighted by Gasteiger charge is -2.20. The molecule has 0 saturated carbocycles. The number of dihydropyridines is 1. The van der Waals surface area contributed by atoms with E-state index >= 15 is 0 Å². The molecule has 0 fully saturated rings. The van der Waals surface area contributed by atoms with Crippen molar-refractivity contribution in [3.05, 3.63) is 41.2 Å². The molecule has 1 unspecified atom stereocenters. The third kappa shape index (κ3) is 2.99. The number of nitrogens with two attached hydrogens (primary N) is 1. The molecule has 0 aromatic heterocycles. The molecule has 1 aliphatic heterocycles. The van der Waals surface area contributed by atoms with E-state index in [1.165, 1.54) is 6.21 Å². The summed E-state index contributed by atoms with van der Waals surface area (Å²) in [4.78, 5) is 16.1. The van der Waals surface area contributed by atoms with Gasteiger partial charge in [0.25, 0.3) is 0 Å². The van der Waals surface area contributed by atoms with E-state index in [-0.39, 0.29) is 29.9 Å². The third-order valence-corrected chi connectivity index (χ3v) is 3.00. The Hall–Kier alpha value is -2.30. The van der Waals surface area contributed by atoms with E-state index in [9.17, 15) is 9.90 Å². The van der Waals surface area contributed by atoms with E-state index in [0.29, 0.717) is 5.69 Å². The van der Waals surface area contributed by atoms with Crippen molar-refractivity contribution in [3.8, 4) is 0 Å². The van der Waals surface area contributed by atoms with Crippen LogP contribution >= 0.6 is 0 Å². The number of carbonyl (C=O) groups excluding carboxylic acids is 1. The van der Waals surface area contributed by atoms with Crippen LogP contribution in [0.3, 0.4) is 0 Å². The molecule has 1 atom stereocenters. The monoisotopic (exact) mass is 274 g/mol. The quantitative estimate of drug-likeness (QED) is 0.655. The first-order valence-electron chi connectivity index (χ1n) is 6.49. The van der Waals surface area contributed by atoms with Crippen LogP contribution in [0.4, 0.5) is 5.69 Å². The number of benzene rings is 1. The Labute approximate surface area is 117 Å². The summed E-state index contributed by atoms with van der Waals surface area (Å²) in [5.74, 6) is -0.570. The summed E-state index contributed by atoms with van der Waals surface area (Å²) in [7, 11) is 0. The van der Waals surface area contributed by atoms with Crippen molar-refractivity contribution in [2.24, 2.45) is 4.99 Å². The number of anilines is 1. The maximum Gasteiger partial charge on any atom is 0.343 e. The fourth-order valence-electron chi connectivity index (χ4n) is 2.04. The summed E-state index contributed by atoms with van der Waals surface area (Å²) in [5.41, 5.74) is 7.47. The van der Waals surface area contributed by atoms with Gasteiger partial charge >= 0.3 is 5.97 Å². The molecule has 0 aliphatic carbocycles. The zero-order valence-corrected chi connectivity index (χ0v) is 11.5. The number of nitrogens with zero attached hydrogens (tertiary/aromatic N) is 1. The van der Waals surface area contributed by atoms with Crippen molar-refractivity contribution >= 4 is 17.9 Å². The highest BCUT2D eigenvalue weighted by Crippen LogP contribution is 2.32. The van der Waals surface area contributed by atoms with Crippen LogP contribution < -0.4 is 5.73 Å². The smallest absolute Gasteiger partial charge is 0.343 e. The Kier molecular flexibility index (Phi) is 4.08. The van der Waals surface area contributed by atoms with E-state index in [4.69, 9.17) is 10.5 Å². The van der Waals surface area contributed by atoms with Gasteiger partial charge in [-0.15, -0.1) is 0 Å². The van der Waals surface area contributed by atoms with E-state index in [1.54, 1.807) is 19.9 Å². The van der Waals surface area contributed by atoms with Gasteiger partial charge in [0.2, 0.25) is 0 Å². The lowest BCUT2D eigenvalue weighted by molar-refractivity contribution is -0.142. The Morgan fingerprint density at radius 3 is 2.75 bits per heavy atom. The van der Waals surface area contributed by atoms with Gasteiger partial charge in [-0.1, -0.05) is 18.2 Å². The number of aliphatic imine (C=N–C) groups is 1. The molecular formula is C15H18N2O3. The second kappa shape index (κ2) is 5.77. The Balaban J connectivity index is 2.18. The Morgan fingerprint density at radius 2 is 2.15 bits per heavy atom. The number of aliphatic hydroxyl groups is 1. The molecule has 0 saturated heterocycles. The number of ether oxygens (including phenoxy) is 1. The molecule has 0 radical (unpaired) electrons. The SMILES string of the molecule is CC(C)OC(=O)C1=C(O)CC(c2ccccc2N)N=C1. The first-order valence-corrected chi connectivity index (χ1v) is 6.49. The molecular weight excluding hydrogens is 256 g/mol. The normalized spacial score (nSPS) is 18.4. The molecule has 0 bridgehead atoms. The molecule has 1 aromatic carbocycles. The van der Waals surface area contributed by atoms with Crippen molar-refractivity contribution in [3.63, 3.8) is 0 Å². The number of esters is 1. The largest absolute Gasteiger partial charge is 0.511 e. The summed E-state index contributed by atoms with van der Waals surface area (Å²) in [6.45, 7) is 3.51. The number of rotatable bonds is 3. The van der Waals surface area contributed by atoms with E-state index < -0.39 is 5.97 Å². The number of aliphatic hydroxyl groups excluding tert-OH is 1. The van der Waals surface area contributed by atoms with Crippen LogP contribution in [-0.2, 0) is 9.53 Å². The molecule has 0 spiro atoms. The first kappa shape index (κ1) is 14.1. The molecule has 5 heteroatoms. The van der Waals surface area contributed by atoms with Gasteiger partial charge in [0.15, 0.2) is 0 Å². The lowest BCUT2D eigenvalue weighted by Crippen LogP contribution is -2.19. The van der Waals surface area contributed by atoms with Crippen LogP contribution in [0.25, 0.3) is 0 Å². The number of carbonyl (C=O) groups is 1. The van der Waals surface area contributed by atoms with E-state index in [2.05, 4.69) is 4.99 Å². The minimum Gasteiger partial charge on any atom is -0.511 e. The van der Waals surface area contributed by atoms with Gasteiger partial charge in [-0.3, -0.25) is 4.99 Å². The minimum absolute atomic E-state index is 0.0149. The minimum atomic E-state index is -0.555. The van der Waals surface area contributed by atoms with Crippen LogP contribution in [0, 0.1) is 0 Å². The average Bonchev–Trinajstić information content (AvgIpc) is 2.38. The first-order chi connectivity index (χ1) is 9.49. The van der Waals surface area contributed by atoms with E-state index in [1.807, 2.05) is 18.2 Å². The molecule has 0 amide bonds. The second-order valence-electron chi connectivity index (χ2n) is 4.94. The Bertz CT molecular complexity index is 576. The van der Waals surface area contributed by atoms with Crippen molar-refractivity contribution < 1.29 is 14.6 Å². The van der Waals surface area contributed by atoms with Gasteiger partial charge in [0.1, 0.15) is 11.3 Å². The molecule has 1 aliphatic rings. The second-order valence-corrected chi connectivity index (χ2v) is 4.94. The van der Waals surface area contributed by atoms with Gasteiger partial charge in [-0.05, 0) is 25.5 Å². The maximum absolute atomic E-state index is 11.8. The van der Waals surface area contributed by atoms with Crippen LogP contribution in [0.15, 0.2) is 40.6 Å². The highest BCUT2D eigenvalue weighted by Gasteiger charge is 2.25. The zero-order valence-electron chi connectivity index (χ0n) is 11.5. The predicted octanol–water partition coefficient (Wildman–Crippen LogP) is 2.55. The molecule has 5 nitrogen and oxygen atoms in total. The van der Waals surface area contributed by atoms with Crippen molar-refractivity contribution in [2.75, 3.05) is 5.73 Å². The molecule has 2 rings (SSSR count). The molecule has 1 heterocycles. The number of para-hydroxylation sites is 1. The summed E-state index contributed by atoms with van der Waals surface area (Å²) in [6, 6.07) is 7.08. The number of hydrogen-bond acceptors (Lipinski definition) is 5. The molecule has 3 N–H and O–H groups in total. The van der Waals surface area contributed by atoms with Crippen LogP contribution in [0.1, 0.15) is 31.9 Å². The van der Waals surface area contributed by atoms with Crippen molar-refractivity contribution in [2.45, 2.75) is 32.4 Å². The molecule has 106 valence electrons. The highest BCUT2D eigenvalue weighted by atomic mass is 16.5. The van der Waals surface area contributed by atoms with Gasteiger partial charge in [0.05, 0.1) is 12.1 Å². The summed E-state index contributed by atoms with van der Waals surface area (Å²) < 4.78 is 5.05. The number of hydrogen-bond donors (Lipinski definition) is 2. The van der Waals surface area contributed by atoms with Crippen LogP contribution in [0.5, 0.6) is 0 Å². The Morgan fingerprint density at radius 1 is 1.45 bits per heavy atom. The molecule has 1 aromatic rings. The fourth-order valence-corrected chi connectivity index (χ4v) is 2.04. The van der Waals surface area contributed by atoms with Crippen LogP contribution in [-0.4, -0.2) is 23.4 Å². The summed E-state index contributed by atoms with van der Waals surface area (Å²) in [6.07, 6.45) is 1.37. The highest BCUT2D eigenvalue weighted by molar-refractivity contribution is 6.10. The van der Waals surface area contributed by atoms with E-state index in [0.717, 1.165) is 5.56 Å². The average molecular weight is 274 g/mol. The predicted molar refractivity (Wildman–Crippen MR) is 77.6 cm³/mol. The molecule has 20 heavy (non-hydrogen) atoms. The van der Waals surface area contributed by atoms with Gasteiger partial charge in [-0.25, -0.2) is 4.79 Å². The zero-order chi connectivity index (χ0) is 14.7. The van der Waals surface area contributed by atoms with Gasteiger partial charge in [0, 0.05) is 18.3 Å². The standard InChI is InChI=1S/C15H18N2O3/c1-9(2)20-15(19)11-8-17-13(7-14(11)18)10-5-3-4-6-12(10)16/h3-6,8-9,13,18H,7,16H2,1-2H3. The topological polar surface area (TPSA) is 84.9 Å². The number of nitrogen functional groups attached to an aromatic ring is 1. The third-order valence-electron chi connectivity index (χ3n) is 3.00. The van der Waals surface area contributed by atoms with Gasteiger partial charge < -0.3 is 15.6 Å². The van der Waals surface area contributed by atoms with Crippen molar-refractivity contribution in [1.29, 1.82) is 0 Å². The fraction of sp³-hybridized carbons (Fsp3) is 0.333. The van der Waals surface area contributed by atoms with Crippen LogP contribution in [0.2, 0.25) is 0 Å². The van der Waals surface area contributed by atoms with Crippen molar-refractivity contribution in [1.82, 2.24) is 0 Å². The lowest BCUT2D eigenvalue weighted by atomic mass is 9.97. The van der Waals surface area contributed by atoms with Gasteiger partial charge in [-0.2, -0.15) is 0 Å². The summed E-state index contributed by atoms with van der Waals surface area (Å²) in [5, 5.41) is 10.0. The summed E-state index contributed by atoms with van der Waals surface area (Å²) >= 11 is 0.